The van der Waals surface area contributed by atoms with Crippen LogP contribution in [0.3, 0.4) is 0 Å². The molecule has 0 radical (unpaired) electrons. The van der Waals surface area contributed by atoms with E-state index < -0.39 is 0 Å². The van der Waals surface area contributed by atoms with Crippen molar-refractivity contribution in [3.8, 4) is 0 Å². The van der Waals surface area contributed by atoms with Crippen LogP contribution in [0.4, 0.5) is 0 Å². The van der Waals surface area contributed by atoms with Gasteiger partial charge in [-0.2, -0.15) is 0 Å². The Kier molecular flexibility index (Phi) is 4.31. The molecule has 1 atom stereocenters. The van der Waals surface area contributed by atoms with Gasteiger partial charge in [-0.25, -0.2) is 0 Å². The van der Waals surface area contributed by atoms with Crippen LogP contribution in [-0.4, -0.2) is 24.4 Å². The summed E-state index contributed by atoms with van der Waals surface area (Å²) in [6.45, 7) is 4.68. The second kappa shape index (κ2) is 5.63. The minimum atomic E-state index is -0.296. The first-order chi connectivity index (χ1) is 9.00. The van der Waals surface area contributed by atoms with Crippen molar-refractivity contribution in [2.24, 2.45) is 11.1 Å². The van der Waals surface area contributed by atoms with Crippen LogP contribution in [0.1, 0.15) is 48.4 Å². The Labute approximate surface area is 119 Å². The van der Waals surface area contributed by atoms with Gasteiger partial charge in [-0.05, 0) is 38.8 Å². The quantitative estimate of drug-likeness (QED) is 0.921. The number of carbonyl (C=O) groups is 1. The highest BCUT2D eigenvalue weighted by Gasteiger charge is 2.42. The summed E-state index contributed by atoms with van der Waals surface area (Å²) >= 11 is 1.77. The number of hydrogen-bond acceptors (Lipinski definition) is 3. The lowest BCUT2D eigenvalue weighted by Crippen LogP contribution is -2.45. The van der Waals surface area contributed by atoms with E-state index in [1.165, 1.54) is 9.75 Å². The fourth-order valence-electron chi connectivity index (χ4n) is 2.98. The second-order valence-electron chi connectivity index (χ2n) is 5.73. The molecule has 3 nitrogen and oxygen atoms in total. The number of aryl methyl sites for hydroxylation is 1. The Hall–Kier alpha value is -0.870. The summed E-state index contributed by atoms with van der Waals surface area (Å²) < 4.78 is 0. The molecule has 106 valence electrons. The Morgan fingerprint density at radius 1 is 1.47 bits per heavy atom. The van der Waals surface area contributed by atoms with Gasteiger partial charge in [0.1, 0.15) is 0 Å². The van der Waals surface area contributed by atoms with Gasteiger partial charge in [0.05, 0.1) is 11.5 Å². The molecule has 0 aromatic carbocycles. The average molecular weight is 280 g/mol. The van der Waals surface area contributed by atoms with E-state index >= 15 is 0 Å². The van der Waals surface area contributed by atoms with Crippen LogP contribution >= 0.6 is 11.3 Å². The zero-order valence-corrected chi connectivity index (χ0v) is 12.9. The van der Waals surface area contributed by atoms with Crippen molar-refractivity contribution in [2.45, 2.75) is 45.6 Å². The van der Waals surface area contributed by atoms with Crippen molar-refractivity contribution in [2.75, 3.05) is 13.6 Å². The van der Waals surface area contributed by atoms with Crippen molar-refractivity contribution >= 4 is 17.2 Å². The van der Waals surface area contributed by atoms with Gasteiger partial charge >= 0.3 is 0 Å². The third-order valence-corrected chi connectivity index (χ3v) is 5.65. The summed E-state index contributed by atoms with van der Waals surface area (Å²) in [7, 11) is 1.91. The molecule has 2 N–H and O–H groups in total. The van der Waals surface area contributed by atoms with Crippen LogP contribution in [-0.2, 0) is 4.79 Å². The fourth-order valence-corrected chi connectivity index (χ4v) is 3.95. The maximum atomic E-state index is 12.8. The van der Waals surface area contributed by atoms with Gasteiger partial charge in [0, 0.05) is 23.3 Å². The van der Waals surface area contributed by atoms with Crippen molar-refractivity contribution in [1.29, 1.82) is 0 Å². The van der Waals surface area contributed by atoms with Crippen molar-refractivity contribution in [1.82, 2.24) is 4.90 Å². The summed E-state index contributed by atoms with van der Waals surface area (Å²) in [4.78, 5) is 17.2. The molecule has 1 saturated carbocycles. The van der Waals surface area contributed by atoms with E-state index in [1.54, 1.807) is 11.3 Å². The van der Waals surface area contributed by atoms with Crippen LogP contribution in [0.25, 0.3) is 0 Å². The lowest BCUT2D eigenvalue weighted by molar-refractivity contribution is -0.142. The summed E-state index contributed by atoms with van der Waals surface area (Å²) in [5.41, 5.74) is 5.61. The second-order valence-corrected chi connectivity index (χ2v) is 7.05. The molecule has 1 fully saturated rings. The summed E-state index contributed by atoms with van der Waals surface area (Å²) in [6.07, 6.45) is 4.15. The van der Waals surface area contributed by atoms with Gasteiger partial charge < -0.3 is 10.6 Å². The lowest BCUT2D eigenvalue weighted by atomic mass is 9.84. The van der Waals surface area contributed by atoms with Gasteiger partial charge in [0.15, 0.2) is 0 Å². The van der Waals surface area contributed by atoms with E-state index in [2.05, 4.69) is 26.0 Å². The number of hydrogen-bond donors (Lipinski definition) is 1. The molecule has 0 spiro atoms. The molecule has 19 heavy (non-hydrogen) atoms. The highest BCUT2D eigenvalue weighted by Crippen LogP contribution is 2.40. The number of thiophene rings is 1. The Balaban J connectivity index is 2.14. The molecule has 1 heterocycles. The largest absolute Gasteiger partial charge is 0.338 e. The smallest absolute Gasteiger partial charge is 0.230 e. The predicted octanol–water partition coefficient (Wildman–Crippen LogP) is 3.10. The Morgan fingerprint density at radius 2 is 2.11 bits per heavy atom. The standard InChI is InChI=1S/C15H24N2OS/c1-11-6-7-13(19-11)12(2)17(3)14(18)15(10-16)8-4-5-9-15/h6-7,12H,4-5,8-10,16H2,1-3H3. The molecular weight excluding hydrogens is 256 g/mol. The van der Waals surface area contributed by atoms with Gasteiger partial charge in [-0.3, -0.25) is 4.79 Å². The summed E-state index contributed by atoms with van der Waals surface area (Å²) in [5.74, 6) is 0.228. The lowest BCUT2D eigenvalue weighted by Gasteiger charge is -2.34. The first-order valence-corrected chi connectivity index (χ1v) is 7.85. The van der Waals surface area contributed by atoms with E-state index in [9.17, 15) is 4.79 Å². The van der Waals surface area contributed by atoms with Crippen LogP contribution < -0.4 is 5.73 Å². The molecule has 1 unspecified atom stereocenters. The molecule has 1 aromatic heterocycles. The normalized spacial score (nSPS) is 19.4. The molecule has 0 saturated heterocycles. The number of carbonyl (C=O) groups excluding carboxylic acids is 1. The predicted molar refractivity (Wildman–Crippen MR) is 80.2 cm³/mol. The number of nitrogens with zero attached hydrogens (tertiary/aromatic N) is 1. The minimum absolute atomic E-state index is 0.134. The Bertz CT molecular complexity index is 449. The Morgan fingerprint density at radius 3 is 2.58 bits per heavy atom. The van der Waals surface area contributed by atoms with E-state index in [0.29, 0.717) is 6.54 Å². The molecular formula is C15H24N2OS. The van der Waals surface area contributed by atoms with Crippen LogP contribution in [0.15, 0.2) is 12.1 Å². The van der Waals surface area contributed by atoms with E-state index in [1.807, 2.05) is 11.9 Å². The van der Waals surface area contributed by atoms with Crippen molar-refractivity contribution < 1.29 is 4.79 Å². The van der Waals surface area contributed by atoms with Crippen LogP contribution in [0.5, 0.6) is 0 Å². The van der Waals surface area contributed by atoms with Crippen LogP contribution in [0, 0.1) is 12.3 Å². The van der Waals surface area contributed by atoms with E-state index in [0.717, 1.165) is 25.7 Å². The molecule has 1 aromatic rings. The van der Waals surface area contributed by atoms with Gasteiger partial charge in [-0.15, -0.1) is 11.3 Å². The van der Waals surface area contributed by atoms with Gasteiger partial charge in [0.25, 0.3) is 0 Å². The fraction of sp³-hybridized carbons (Fsp3) is 0.667. The zero-order chi connectivity index (χ0) is 14.0. The van der Waals surface area contributed by atoms with Crippen molar-refractivity contribution in [3.05, 3.63) is 21.9 Å². The molecule has 1 aliphatic carbocycles. The highest BCUT2D eigenvalue weighted by atomic mass is 32.1. The highest BCUT2D eigenvalue weighted by molar-refractivity contribution is 7.12. The number of amides is 1. The maximum Gasteiger partial charge on any atom is 0.230 e. The SMILES string of the molecule is Cc1ccc(C(C)N(C)C(=O)C2(CN)CCCC2)s1. The van der Waals surface area contributed by atoms with E-state index in [-0.39, 0.29) is 17.4 Å². The summed E-state index contributed by atoms with van der Waals surface area (Å²) in [5, 5.41) is 0. The van der Waals surface area contributed by atoms with E-state index in [4.69, 9.17) is 5.73 Å². The molecule has 1 aliphatic rings. The van der Waals surface area contributed by atoms with Crippen LogP contribution in [0.2, 0.25) is 0 Å². The summed E-state index contributed by atoms with van der Waals surface area (Å²) in [6, 6.07) is 4.37. The first-order valence-electron chi connectivity index (χ1n) is 7.04. The molecule has 1 amide bonds. The monoisotopic (exact) mass is 280 g/mol. The first kappa shape index (κ1) is 14.5. The molecule has 0 aliphatic heterocycles. The van der Waals surface area contributed by atoms with Crippen molar-refractivity contribution in [3.63, 3.8) is 0 Å². The minimum Gasteiger partial charge on any atom is -0.338 e. The molecule has 2 rings (SSSR count). The number of nitrogens with two attached hydrogens (primary N) is 1. The van der Waals surface area contributed by atoms with Gasteiger partial charge in [0.2, 0.25) is 5.91 Å². The zero-order valence-electron chi connectivity index (χ0n) is 12.1. The molecule has 0 bridgehead atoms. The topological polar surface area (TPSA) is 46.3 Å². The average Bonchev–Trinajstić information content (AvgIpc) is 3.05. The number of rotatable bonds is 4. The molecule has 4 heteroatoms. The maximum absolute atomic E-state index is 12.8. The third kappa shape index (κ3) is 2.70. The third-order valence-electron chi connectivity index (χ3n) is 4.48. The van der Waals surface area contributed by atoms with Gasteiger partial charge in [-0.1, -0.05) is 12.8 Å².